The summed E-state index contributed by atoms with van der Waals surface area (Å²) in [5, 5.41) is 6.51. The topological polar surface area (TPSA) is 64.1 Å². The van der Waals surface area contributed by atoms with Crippen molar-refractivity contribution in [3.63, 3.8) is 0 Å². The van der Waals surface area contributed by atoms with E-state index in [9.17, 15) is 0 Å². The summed E-state index contributed by atoms with van der Waals surface area (Å²) in [6.45, 7) is 5.01. The molecule has 0 saturated carbocycles. The molecule has 23 heavy (non-hydrogen) atoms. The lowest BCUT2D eigenvalue weighted by Gasteiger charge is -2.12. The Morgan fingerprint density at radius 2 is 1.83 bits per heavy atom. The van der Waals surface area contributed by atoms with Gasteiger partial charge in [-0.25, -0.2) is 0 Å². The van der Waals surface area contributed by atoms with Crippen LogP contribution in [0.15, 0.2) is 23.2 Å². The van der Waals surface area contributed by atoms with E-state index in [1.165, 1.54) is 5.56 Å². The lowest BCUT2D eigenvalue weighted by Crippen LogP contribution is -2.39. The van der Waals surface area contributed by atoms with Crippen molar-refractivity contribution in [2.75, 3.05) is 47.6 Å². The number of nitrogens with one attached hydrogen (secondary N) is 2. The van der Waals surface area contributed by atoms with Crippen molar-refractivity contribution in [3.8, 4) is 11.5 Å². The molecule has 0 amide bonds. The smallest absolute Gasteiger partial charge is 0.191 e. The predicted molar refractivity (Wildman–Crippen MR) is 93.7 cm³/mol. The van der Waals surface area contributed by atoms with Gasteiger partial charge in [-0.1, -0.05) is 6.07 Å². The van der Waals surface area contributed by atoms with Gasteiger partial charge in [0.15, 0.2) is 17.5 Å². The zero-order valence-corrected chi connectivity index (χ0v) is 14.6. The molecule has 6 heteroatoms. The molecule has 130 valence electrons. The van der Waals surface area contributed by atoms with Gasteiger partial charge in [-0.05, 0) is 37.5 Å². The Labute approximate surface area is 139 Å². The maximum atomic E-state index is 5.32. The second kappa shape index (κ2) is 11.6. The molecule has 0 aromatic heterocycles. The van der Waals surface area contributed by atoms with Gasteiger partial charge in [-0.3, -0.25) is 4.99 Å². The number of benzene rings is 1. The second-order valence-corrected chi connectivity index (χ2v) is 4.92. The SMILES string of the molecule is CCOCCNC(=NC)NCCCc1ccc(OC)c(OC)c1. The van der Waals surface area contributed by atoms with E-state index in [0.717, 1.165) is 50.0 Å². The van der Waals surface area contributed by atoms with Crippen LogP contribution in [0.2, 0.25) is 0 Å². The van der Waals surface area contributed by atoms with Crippen LogP contribution in [-0.2, 0) is 11.2 Å². The summed E-state index contributed by atoms with van der Waals surface area (Å²) in [7, 11) is 5.07. The maximum Gasteiger partial charge on any atom is 0.191 e. The van der Waals surface area contributed by atoms with Crippen molar-refractivity contribution >= 4 is 5.96 Å². The van der Waals surface area contributed by atoms with Crippen LogP contribution in [0.3, 0.4) is 0 Å². The lowest BCUT2D eigenvalue weighted by molar-refractivity contribution is 0.152. The zero-order chi connectivity index (χ0) is 16.9. The number of hydrogen-bond donors (Lipinski definition) is 2. The highest BCUT2D eigenvalue weighted by molar-refractivity contribution is 5.79. The fourth-order valence-corrected chi connectivity index (χ4v) is 2.14. The minimum absolute atomic E-state index is 0.683. The Morgan fingerprint density at radius 1 is 1.09 bits per heavy atom. The Bertz CT molecular complexity index is 478. The minimum atomic E-state index is 0.683. The molecule has 1 aromatic rings. The number of aryl methyl sites for hydroxylation is 1. The standard InChI is InChI=1S/C17H29N3O3/c1-5-23-12-11-20-17(18-2)19-10-6-7-14-8-9-15(21-3)16(13-14)22-4/h8-9,13H,5-7,10-12H2,1-4H3,(H2,18,19,20). The van der Waals surface area contributed by atoms with E-state index in [-0.39, 0.29) is 0 Å². The first kappa shape index (κ1) is 19.1. The van der Waals surface area contributed by atoms with E-state index in [1.54, 1.807) is 21.3 Å². The number of rotatable bonds is 10. The molecular formula is C17H29N3O3. The average molecular weight is 323 g/mol. The van der Waals surface area contributed by atoms with Crippen LogP contribution in [0.25, 0.3) is 0 Å². The van der Waals surface area contributed by atoms with Gasteiger partial charge in [0.25, 0.3) is 0 Å². The van der Waals surface area contributed by atoms with Gasteiger partial charge in [0.05, 0.1) is 20.8 Å². The highest BCUT2D eigenvalue weighted by Crippen LogP contribution is 2.27. The molecule has 0 aliphatic rings. The molecule has 0 spiro atoms. The third-order valence-corrected chi connectivity index (χ3v) is 3.35. The van der Waals surface area contributed by atoms with Crippen LogP contribution in [0.5, 0.6) is 11.5 Å². The summed E-state index contributed by atoms with van der Waals surface area (Å²) in [6.07, 6.45) is 1.96. The molecule has 2 N–H and O–H groups in total. The van der Waals surface area contributed by atoms with Gasteiger partial charge < -0.3 is 24.8 Å². The maximum absolute atomic E-state index is 5.32. The van der Waals surface area contributed by atoms with Crippen molar-refractivity contribution in [3.05, 3.63) is 23.8 Å². The molecule has 6 nitrogen and oxygen atoms in total. The van der Waals surface area contributed by atoms with E-state index in [1.807, 2.05) is 19.1 Å². The third-order valence-electron chi connectivity index (χ3n) is 3.35. The van der Waals surface area contributed by atoms with Gasteiger partial charge in [0.1, 0.15) is 0 Å². The summed E-state index contributed by atoms with van der Waals surface area (Å²) in [5.41, 5.74) is 1.23. The molecule has 0 saturated heterocycles. The normalized spacial score (nSPS) is 11.2. The summed E-state index contributed by atoms with van der Waals surface area (Å²) < 4.78 is 15.9. The van der Waals surface area contributed by atoms with Crippen LogP contribution < -0.4 is 20.1 Å². The quantitative estimate of drug-likeness (QED) is 0.391. The van der Waals surface area contributed by atoms with Crippen LogP contribution in [-0.4, -0.2) is 53.5 Å². The molecular weight excluding hydrogens is 294 g/mol. The second-order valence-electron chi connectivity index (χ2n) is 4.92. The van der Waals surface area contributed by atoms with E-state index in [4.69, 9.17) is 14.2 Å². The summed E-state index contributed by atoms with van der Waals surface area (Å²) in [4.78, 5) is 4.18. The summed E-state index contributed by atoms with van der Waals surface area (Å²) >= 11 is 0. The Kier molecular flexibility index (Phi) is 9.63. The first-order valence-electron chi connectivity index (χ1n) is 7.98. The summed E-state index contributed by atoms with van der Waals surface area (Å²) in [5.74, 6) is 2.33. The van der Waals surface area contributed by atoms with E-state index >= 15 is 0 Å². The number of aliphatic imine (C=N–C) groups is 1. The highest BCUT2D eigenvalue weighted by atomic mass is 16.5. The summed E-state index contributed by atoms with van der Waals surface area (Å²) in [6, 6.07) is 6.03. The van der Waals surface area contributed by atoms with Crippen molar-refractivity contribution in [2.24, 2.45) is 4.99 Å². The van der Waals surface area contributed by atoms with Gasteiger partial charge in [0, 0.05) is 26.7 Å². The zero-order valence-electron chi connectivity index (χ0n) is 14.6. The minimum Gasteiger partial charge on any atom is -0.493 e. The fraction of sp³-hybridized carbons (Fsp3) is 0.588. The monoisotopic (exact) mass is 323 g/mol. The predicted octanol–water partition coefficient (Wildman–Crippen LogP) is 1.84. The number of guanidine groups is 1. The first-order valence-corrected chi connectivity index (χ1v) is 7.98. The highest BCUT2D eigenvalue weighted by Gasteiger charge is 2.04. The molecule has 1 rings (SSSR count). The largest absolute Gasteiger partial charge is 0.493 e. The Hall–Kier alpha value is -1.95. The van der Waals surface area contributed by atoms with Crippen LogP contribution in [0.1, 0.15) is 18.9 Å². The molecule has 0 aliphatic heterocycles. The van der Waals surface area contributed by atoms with E-state index in [2.05, 4.69) is 21.7 Å². The molecule has 0 fully saturated rings. The van der Waals surface area contributed by atoms with Gasteiger partial charge in [-0.2, -0.15) is 0 Å². The van der Waals surface area contributed by atoms with Crippen molar-refractivity contribution in [2.45, 2.75) is 19.8 Å². The number of ether oxygens (including phenoxy) is 3. The first-order chi connectivity index (χ1) is 11.2. The number of hydrogen-bond acceptors (Lipinski definition) is 4. The van der Waals surface area contributed by atoms with Crippen molar-refractivity contribution < 1.29 is 14.2 Å². The molecule has 0 heterocycles. The van der Waals surface area contributed by atoms with Crippen LogP contribution in [0, 0.1) is 0 Å². The van der Waals surface area contributed by atoms with Gasteiger partial charge in [-0.15, -0.1) is 0 Å². The van der Waals surface area contributed by atoms with Crippen molar-refractivity contribution in [1.29, 1.82) is 0 Å². The molecule has 1 aromatic carbocycles. The lowest BCUT2D eigenvalue weighted by atomic mass is 10.1. The molecule has 0 aliphatic carbocycles. The van der Waals surface area contributed by atoms with Gasteiger partial charge in [0.2, 0.25) is 0 Å². The number of methoxy groups -OCH3 is 2. The average Bonchev–Trinajstić information content (AvgIpc) is 2.60. The van der Waals surface area contributed by atoms with Crippen LogP contribution in [0.4, 0.5) is 0 Å². The molecule has 0 bridgehead atoms. The fourth-order valence-electron chi connectivity index (χ4n) is 2.14. The van der Waals surface area contributed by atoms with Gasteiger partial charge >= 0.3 is 0 Å². The van der Waals surface area contributed by atoms with E-state index < -0.39 is 0 Å². The molecule has 0 atom stereocenters. The van der Waals surface area contributed by atoms with E-state index in [0.29, 0.717) is 6.61 Å². The number of nitrogens with zero attached hydrogens (tertiary/aromatic N) is 1. The Morgan fingerprint density at radius 3 is 2.48 bits per heavy atom. The molecule has 0 unspecified atom stereocenters. The van der Waals surface area contributed by atoms with Crippen LogP contribution >= 0.6 is 0 Å². The van der Waals surface area contributed by atoms with Crippen molar-refractivity contribution in [1.82, 2.24) is 10.6 Å². The Balaban J connectivity index is 2.30. The molecule has 0 radical (unpaired) electrons. The third kappa shape index (κ3) is 7.23.